The minimum atomic E-state index is -0.0938. The molecule has 0 saturated heterocycles. The topological polar surface area (TPSA) is 84.7 Å². The van der Waals surface area contributed by atoms with Crippen LogP contribution in [0.15, 0.2) is 67.0 Å². The van der Waals surface area contributed by atoms with E-state index in [1.54, 1.807) is 10.9 Å². The van der Waals surface area contributed by atoms with Crippen LogP contribution in [0.5, 0.6) is 0 Å². The number of hydrogen-bond donors (Lipinski definition) is 2. The van der Waals surface area contributed by atoms with E-state index in [4.69, 9.17) is 0 Å². The number of benzene rings is 2. The maximum Gasteiger partial charge on any atom is 0.251 e. The Hall–Kier alpha value is -3.74. The molecular formula is C21H20N6O. The third-order valence-corrected chi connectivity index (χ3v) is 4.29. The van der Waals surface area contributed by atoms with E-state index in [9.17, 15) is 4.79 Å². The van der Waals surface area contributed by atoms with Crippen LogP contribution in [0.1, 0.15) is 16.2 Å². The van der Waals surface area contributed by atoms with Crippen LogP contribution in [0.2, 0.25) is 0 Å². The summed E-state index contributed by atoms with van der Waals surface area (Å²) < 4.78 is 1.68. The molecule has 2 aromatic heterocycles. The van der Waals surface area contributed by atoms with E-state index in [2.05, 4.69) is 25.7 Å². The molecule has 0 unspecified atom stereocenters. The largest absolute Gasteiger partial charge is 0.368 e. The summed E-state index contributed by atoms with van der Waals surface area (Å²) in [7, 11) is 0. The maximum absolute atomic E-state index is 12.4. The van der Waals surface area contributed by atoms with E-state index in [-0.39, 0.29) is 5.91 Å². The number of hydrogen-bond acceptors (Lipinski definition) is 5. The van der Waals surface area contributed by atoms with Crippen molar-refractivity contribution in [3.8, 4) is 5.82 Å². The number of amides is 1. The van der Waals surface area contributed by atoms with Crippen molar-refractivity contribution in [3.63, 3.8) is 0 Å². The van der Waals surface area contributed by atoms with Crippen LogP contribution >= 0.6 is 0 Å². The standard InChI is InChI=1S/C21H20N6O/c1-15-25-19(14-20(26-15)27-12-4-9-24-27)22-10-11-23-21(28)18-8-7-16-5-2-3-6-17(16)13-18/h2-9,12-14H,10-11H2,1H3,(H,23,28)(H,22,25,26). The Morgan fingerprint density at radius 1 is 1.00 bits per heavy atom. The number of aromatic nitrogens is 4. The molecule has 0 radical (unpaired) electrons. The van der Waals surface area contributed by atoms with Crippen LogP contribution < -0.4 is 10.6 Å². The second-order valence-electron chi connectivity index (χ2n) is 6.35. The van der Waals surface area contributed by atoms with Crippen molar-refractivity contribution in [3.05, 3.63) is 78.4 Å². The zero-order chi connectivity index (χ0) is 19.3. The van der Waals surface area contributed by atoms with Gasteiger partial charge >= 0.3 is 0 Å². The Kier molecular flexibility index (Phi) is 4.97. The summed E-state index contributed by atoms with van der Waals surface area (Å²) in [6.07, 6.45) is 3.53. The fraction of sp³-hybridized carbons (Fsp3) is 0.143. The van der Waals surface area contributed by atoms with E-state index in [1.807, 2.05) is 67.7 Å². The van der Waals surface area contributed by atoms with Gasteiger partial charge in [-0.05, 0) is 35.9 Å². The van der Waals surface area contributed by atoms with Gasteiger partial charge in [0.15, 0.2) is 5.82 Å². The number of fused-ring (bicyclic) bond motifs is 1. The smallest absolute Gasteiger partial charge is 0.251 e. The first-order chi connectivity index (χ1) is 13.7. The highest BCUT2D eigenvalue weighted by Gasteiger charge is 2.07. The Balaban J connectivity index is 1.34. The molecule has 0 aliphatic rings. The molecule has 0 aliphatic heterocycles. The molecule has 28 heavy (non-hydrogen) atoms. The summed E-state index contributed by atoms with van der Waals surface area (Å²) in [5.74, 6) is 1.94. The van der Waals surface area contributed by atoms with Crippen molar-refractivity contribution in [2.24, 2.45) is 0 Å². The zero-order valence-corrected chi connectivity index (χ0v) is 15.5. The van der Waals surface area contributed by atoms with Crippen molar-refractivity contribution in [1.82, 2.24) is 25.1 Å². The molecule has 4 aromatic rings. The maximum atomic E-state index is 12.4. The summed E-state index contributed by atoms with van der Waals surface area (Å²) in [5.41, 5.74) is 0.651. The van der Waals surface area contributed by atoms with E-state index in [0.29, 0.717) is 36.1 Å². The van der Waals surface area contributed by atoms with Gasteiger partial charge in [-0.2, -0.15) is 5.10 Å². The zero-order valence-electron chi connectivity index (χ0n) is 15.5. The lowest BCUT2D eigenvalue weighted by Gasteiger charge is -2.10. The van der Waals surface area contributed by atoms with Crippen LogP contribution in [-0.2, 0) is 0 Å². The first-order valence-electron chi connectivity index (χ1n) is 9.06. The number of rotatable bonds is 6. The van der Waals surface area contributed by atoms with Crippen molar-refractivity contribution in [2.75, 3.05) is 18.4 Å². The molecule has 2 aromatic carbocycles. The van der Waals surface area contributed by atoms with Crippen LogP contribution in [0.25, 0.3) is 16.6 Å². The van der Waals surface area contributed by atoms with Gasteiger partial charge in [0.25, 0.3) is 5.91 Å². The van der Waals surface area contributed by atoms with Gasteiger partial charge in [-0.3, -0.25) is 4.79 Å². The molecular weight excluding hydrogens is 352 g/mol. The van der Waals surface area contributed by atoms with Crippen LogP contribution in [0, 0.1) is 6.92 Å². The number of aryl methyl sites for hydroxylation is 1. The van der Waals surface area contributed by atoms with E-state index in [0.717, 1.165) is 10.8 Å². The van der Waals surface area contributed by atoms with Gasteiger partial charge in [0, 0.05) is 37.1 Å². The van der Waals surface area contributed by atoms with Crippen LogP contribution in [-0.4, -0.2) is 38.7 Å². The first kappa shape index (κ1) is 17.7. The van der Waals surface area contributed by atoms with E-state index < -0.39 is 0 Å². The third kappa shape index (κ3) is 3.98. The number of carbonyl (C=O) groups excluding carboxylic acids is 1. The number of anilines is 1. The average molecular weight is 372 g/mol. The Morgan fingerprint density at radius 3 is 2.68 bits per heavy atom. The number of nitrogens with one attached hydrogen (secondary N) is 2. The average Bonchev–Trinajstić information content (AvgIpc) is 3.25. The van der Waals surface area contributed by atoms with Gasteiger partial charge < -0.3 is 10.6 Å². The molecule has 4 rings (SSSR count). The van der Waals surface area contributed by atoms with Gasteiger partial charge in [0.2, 0.25) is 0 Å². The van der Waals surface area contributed by atoms with Gasteiger partial charge in [-0.15, -0.1) is 0 Å². The van der Waals surface area contributed by atoms with Crippen molar-refractivity contribution >= 4 is 22.5 Å². The lowest BCUT2D eigenvalue weighted by atomic mass is 10.1. The van der Waals surface area contributed by atoms with Crippen molar-refractivity contribution in [1.29, 1.82) is 0 Å². The normalized spacial score (nSPS) is 10.8. The highest BCUT2D eigenvalue weighted by Crippen LogP contribution is 2.15. The predicted molar refractivity (Wildman–Crippen MR) is 109 cm³/mol. The molecule has 0 atom stereocenters. The first-order valence-corrected chi connectivity index (χ1v) is 9.06. The lowest BCUT2D eigenvalue weighted by molar-refractivity contribution is 0.0955. The van der Waals surface area contributed by atoms with Gasteiger partial charge in [0.05, 0.1) is 0 Å². The van der Waals surface area contributed by atoms with Crippen molar-refractivity contribution < 1.29 is 4.79 Å². The molecule has 2 heterocycles. The molecule has 140 valence electrons. The minimum absolute atomic E-state index is 0.0938. The summed E-state index contributed by atoms with van der Waals surface area (Å²) in [6, 6.07) is 17.4. The quantitative estimate of drug-likeness (QED) is 0.508. The molecule has 7 nitrogen and oxygen atoms in total. The lowest BCUT2D eigenvalue weighted by Crippen LogP contribution is -2.29. The third-order valence-electron chi connectivity index (χ3n) is 4.29. The summed E-state index contributed by atoms with van der Waals surface area (Å²) in [6.45, 7) is 2.86. The van der Waals surface area contributed by atoms with Gasteiger partial charge in [-0.1, -0.05) is 30.3 Å². The van der Waals surface area contributed by atoms with Crippen LogP contribution in [0.3, 0.4) is 0 Å². The SMILES string of the molecule is Cc1nc(NCCNC(=O)c2ccc3ccccc3c2)cc(-n2cccn2)n1. The van der Waals surface area contributed by atoms with Crippen molar-refractivity contribution in [2.45, 2.75) is 6.92 Å². The van der Waals surface area contributed by atoms with E-state index >= 15 is 0 Å². The number of nitrogens with zero attached hydrogens (tertiary/aromatic N) is 4. The molecule has 0 fully saturated rings. The monoisotopic (exact) mass is 372 g/mol. The highest BCUT2D eigenvalue weighted by atomic mass is 16.1. The molecule has 0 bridgehead atoms. The summed E-state index contributed by atoms with van der Waals surface area (Å²) in [5, 5.41) is 12.5. The Labute approximate surface area is 162 Å². The van der Waals surface area contributed by atoms with Gasteiger partial charge in [-0.25, -0.2) is 14.6 Å². The molecule has 0 aliphatic carbocycles. The fourth-order valence-corrected chi connectivity index (χ4v) is 2.96. The highest BCUT2D eigenvalue weighted by molar-refractivity contribution is 5.98. The minimum Gasteiger partial charge on any atom is -0.368 e. The van der Waals surface area contributed by atoms with Crippen LogP contribution in [0.4, 0.5) is 5.82 Å². The predicted octanol–water partition coefficient (Wildman–Crippen LogP) is 2.97. The van der Waals surface area contributed by atoms with Gasteiger partial charge in [0.1, 0.15) is 11.6 Å². The molecule has 1 amide bonds. The summed E-state index contributed by atoms with van der Waals surface area (Å²) >= 11 is 0. The van der Waals surface area contributed by atoms with E-state index in [1.165, 1.54) is 0 Å². The second kappa shape index (κ2) is 7.87. The molecule has 2 N–H and O–H groups in total. The fourth-order valence-electron chi connectivity index (χ4n) is 2.96. The second-order valence-corrected chi connectivity index (χ2v) is 6.35. The molecule has 7 heteroatoms. The Bertz CT molecular complexity index is 1110. The Morgan fingerprint density at radius 2 is 1.86 bits per heavy atom. The number of carbonyl (C=O) groups is 1. The molecule has 0 spiro atoms. The summed E-state index contributed by atoms with van der Waals surface area (Å²) in [4.78, 5) is 21.1. The molecule has 0 saturated carbocycles.